The number of fused-ring (bicyclic) bond motifs is 2. The fourth-order valence-corrected chi connectivity index (χ4v) is 4.96. The summed E-state index contributed by atoms with van der Waals surface area (Å²) in [5.41, 5.74) is 7.91. The second kappa shape index (κ2) is 7.78. The van der Waals surface area contributed by atoms with E-state index in [1.54, 1.807) is 36.5 Å². The van der Waals surface area contributed by atoms with Crippen LogP contribution in [0.15, 0.2) is 72.0 Å². The topological polar surface area (TPSA) is 99.0 Å². The average molecular weight is 455 g/mol. The first-order valence-corrected chi connectivity index (χ1v) is 11.2. The lowest BCUT2D eigenvalue weighted by Crippen LogP contribution is -2.28. The summed E-state index contributed by atoms with van der Waals surface area (Å²) in [6.07, 6.45) is 6.52. The largest absolute Gasteiger partial charge is 0.396 e. The molecule has 0 saturated heterocycles. The van der Waals surface area contributed by atoms with Crippen LogP contribution >= 0.6 is 0 Å². The number of rotatable bonds is 4. The summed E-state index contributed by atoms with van der Waals surface area (Å²) >= 11 is 0. The van der Waals surface area contributed by atoms with E-state index in [1.807, 2.05) is 29.0 Å². The number of anilines is 1. The molecule has 1 aliphatic carbocycles. The summed E-state index contributed by atoms with van der Waals surface area (Å²) in [5, 5.41) is 10.5. The molecule has 0 unspecified atom stereocenters. The van der Waals surface area contributed by atoms with Gasteiger partial charge in [-0.3, -0.25) is 9.36 Å². The number of hydrogen-bond acceptors (Lipinski definition) is 5. The van der Waals surface area contributed by atoms with Crippen molar-refractivity contribution in [1.82, 2.24) is 19.1 Å². The van der Waals surface area contributed by atoms with Gasteiger partial charge in [0.25, 0.3) is 5.56 Å². The standard InChI is InChI=1S/C26H22FN5O2/c27-23-19(7-6-16-8-9-31(26(34)21(16)23)17-4-2-1-3-5-17)20-12-32(18-10-15(11-18)13-33)25-22(20)24(28)29-14-30-25/h1-9,12,14-15,18,33H,10-11,13H2,(H2,28,29,30). The van der Waals surface area contributed by atoms with Crippen molar-refractivity contribution in [3.05, 3.63) is 83.4 Å². The van der Waals surface area contributed by atoms with Crippen LogP contribution in [0.2, 0.25) is 0 Å². The second-order valence-corrected chi connectivity index (χ2v) is 8.80. The molecular weight excluding hydrogens is 433 g/mol. The van der Waals surface area contributed by atoms with Crippen molar-refractivity contribution in [2.45, 2.75) is 18.9 Å². The van der Waals surface area contributed by atoms with Gasteiger partial charge in [0.15, 0.2) is 0 Å². The first kappa shape index (κ1) is 20.6. The molecule has 3 aromatic heterocycles. The normalized spacial score (nSPS) is 17.8. The van der Waals surface area contributed by atoms with Gasteiger partial charge in [0, 0.05) is 41.9 Å². The third-order valence-electron chi connectivity index (χ3n) is 6.84. The lowest BCUT2D eigenvalue weighted by atomic mass is 9.81. The van der Waals surface area contributed by atoms with Crippen LogP contribution in [0.5, 0.6) is 0 Å². The number of para-hydroxylation sites is 1. The summed E-state index contributed by atoms with van der Waals surface area (Å²) in [5.74, 6) is -0.0955. The van der Waals surface area contributed by atoms with Gasteiger partial charge in [-0.2, -0.15) is 0 Å². The highest BCUT2D eigenvalue weighted by molar-refractivity contribution is 6.02. The summed E-state index contributed by atoms with van der Waals surface area (Å²) < 4.78 is 19.5. The Kier molecular flexibility index (Phi) is 4.70. The van der Waals surface area contributed by atoms with Gasteiger partial charge >= 0.3 is 0 Å². The average Bonchev–Trinajstić information content (AvgIpc) is 3.20. The Bertz CT molecular complexity index is 1600. The SMILES string of the molecule is Nc1ncnc2c1c(-c1ccc3ccn(-c4ccccc4)c(=O)c3c1F)cn2C1CC(CO)C1. The van der Waals surface area contributed by atoms with Crippen LogP contribution in [-0.4, -0.2) is 30.8 Å². The van der Waals surface area contributed by atoms with E-state index in [0.717, 1.165) is 12.8 Å². The monoisotopic (exact) mass is 455 g/mol. The molecule has 5 aromatic rings. The van der Waals surface area contributed by atoms with Crippen LogP contribution < -0.4 is 11.3 Å². The number of pyridine rings is 1. The Balaban J connectivity index is 1.57. The summed E-state index contributed by atoms with van der Waals surface area (Å²) in [7, 11) is 0. The minimum atomic E-state index is -0.600. The number of halogens is 1. The molecule has 1 aliphatic rings. The smallest absolute Gasteiger partial charge is 0.265 e. The van der Waals surface area contributed by atoms with Gasteiger partial charge < -0.3 is 15.4 Å². The van der Waals surface area contributed by atoms with E-state index in [4.69, 9.17) is 5.73 Å². The lowest BCUT2D eigenvalue weighted by molar-refractivity contribution is 0.114. The van der Waals surface area contributed by atoms with Gasteiger partial charge in [0.1, 0.15) is 23.6 Å². The Morgan fingerprint density at radius 1 is 1.03 bits per heavy atom. The maximum atomic E-state index is 16.1. The molecule has 170 valence electrons. The van der Waals surface area contributed by atoms with Gasteiger partial charge in [0.05, 0.1) is 10.8 Å². The molecular formula is C26H22FN5O2. The predicted octanol–water partition coefficient (Wildman–Crippen LogP) is 4.07. The van der Waals surface area contributed by atoms with E-state index in [0.29, 0.717) is 27.7 Å². The van der Waals surface area contributed by atoms with Crippen molar-refractivity contribution >= 4 is 27.6 Å². The Hall–Kier alpha value is -4.04. The fraction of sp³-hybridized carbons (Fsp3) is 0.192. The zero-order valence-electron chi connectivity index (χ0n) is 18.2. The minimum absolute atomic E-state index is 0.0177. The molecule has 2 aromatic carbocycles. The quantitative estimate of drug-likeness (QED) is 0.426. The molecule has 34 heavy (non-hydrogen) atoms. The van der Waals surface area contributed by atoms with Gasteiger partial charge in [-0.1, -0.05) is 30.3 Å². The van der Waals surface area contributed by atoms with Gasteiger partial charge in [0.2, 0.25) is 0 Å². The summed E-state index contributed by atoms with van der Waals surface area (Å²) in [6, 6.07) is 14.4. The van der Waals surface area contributed by atoms with Crippen molar-refractivity contribution in [3.63, 3.8) is 0 Å². The Morgan fingerprint density at radius 2 is 1.82 bits per heavy atom. The molecule has 1 saturated carbocycles. The Labute approximate surface area is 193 Å². The lowest BCUT2D eigenvalue weighted by Gasteiger charge is -2.35. The molecule has 7 nitrogen and oxygen atoms in total. The third-order valence-corrected chi connectivity index (χ3v) is 6.84. The molecule has 0 spiro atoms. The van der Waals surface area contributed by atoms with E-state index in [-0.39, 0.29) is 35.3 Å². The molecule has 0 radical (unpaired) electrons. The van der Waals surface area contributed by atoms with Gasteiger partial charge in [-0.15, -0.1) is 0 Å². The number of aliphatic hydroxyl groups excluding tert-OH is 1. The van der Waals surface area contributed by atoms with Crippen LogP contribution in [-0.2, 0) is 0 Å². The van der Waals surface area contributed by atoms with Crippen molar-refractivity contribution in [2.24, 2.45) is 5.92 Å². The highest BCUT2D eigenvalue weighted by Gasteiger charge is 2.32. The van der Waals surface area contributed by atoms with E-state index >= 15 is 4.39 Å². The highest BCUT2D eigenvalue weighted by Crippen LogP contribution is 2.43. The molecule has 3 heterocycles. The zero-order chi connectivity index (χ0) is 23.4. The van der Waals surface area contributed by atoms with Gasteiger partial charge in [-0.25, -0.2) is 14.4 Å². The first-order valence-electron chi connectivity index (χ1n) is 11.2. The number of hydrogen-bond donors (Lipinski definition) is 2. The number of aliphatic hydroxyl groups is 1. The van der Waals surface area contributed by atoms with E-state index in [9.17, 15) is 9.90 Å². The van der Waals surface area contributed by atoms with Crippen LogP contribution in [0.3, 0.4) is 0 Å². The van der Waals surface area contributed by atoms with Crippen LogP contribution in [0, 0.1) is 11.7 Å². The number of benzene rings is 2. The molecule has 0 atom stereocenters. The number of nitrogen functional groups attached to an aromatic ring is 1. The molecule has 0 aliphatic heterocycles. The number of nitrogens with zero attached hydrogens (tertiary/aromatic N) is 4. The number of aromatic nitrogens is 4. The van der Waals surface area contributed by atoms with Crippen molar-refractivity contribution in [3.8, 4) is 16.8 Å². The molecule has 0 bridgehead atoms. The highest BCUT2D eigenvalue weighted by atomic mass is 19.1. The van der Waals surface area contributed by atoms with Crippen LogP contribution in [0.25, 0.3) is 38.6 Å². The third kappa shape index (κ3) is 3.03. The maximum Gasteiger partial charge on any atom is 0.265 e. The van der Waals surface area contributed by atoms with Crippen LogP contribution in [0.1, 0.15) is 18.9 Å². The van der Waals surface area contributed by atoms with Crippen LogP contribution in [0.4, 0.5) is 10.2 Å². The van der Waals surface area contributed by atoms with E-state index in [2.05, 4.69) is 9.97 Å². The van der Waals surface area contributed by atoms with E-state index in [1.165, 1.54) is 10.9 Å². The summed E-state index contributed by atoms with van der Waals surface area (Å²) in [4.78, 5) is 21.9. The number of nitrogens with two attached hydrogens (primary N) is 1. The fourth-order valence-electron chi connectivity index (χ4n) is 4.96. The molecule has 3 N–H and O–H groups in total. The van der Waals surface area contributed by atoms with Crippen molar-refractivity contribution in [2.75, 3.05) is 12.3 Å². The molecule has 6 rings (SSSR count). The molecule has 8 heteroatoms. The predicted molar refractivity (Wildman–Crippen MR) is 129 cm³/mol. The molecule has 0 amide bonds. The van der Waals surface area contributed by atoms with Gasteiger partial charge in [-0.05, 0) is 42.3 Å². The minimum Gasteiger partial charge on any atom is -0.396 e. The first-order chi connectivity index (χ1) is 16.6. The van der Waals surface area contributed by atoms with Crippen molar-refractivity contribution < 1.29 is 9.50 Å². The summed E-state index contributed by atoms with van der Waals surface area (Å²) in [6.45, 7) is 0.146. The molecule has 1 fully saturated rings. The maximum absolute atomic E-state index is 16.1. The van der Waals surface area contributed by atoms with Crippen molar-refractivity contribution in [1.29, 1.82) is 0 Å². The Morgan fingerprint density at radius 3 is 2.59 bits per heavy atom. The second-order valence-electron chi connectivity index (χ2n) is 8.80. The van der Waals surface area contributed by atoms with E-state index < -0.39 is 11.4 Å². The zero-order valence-corrected chi connectivity index (χ0v) is 18.2.